The summed E-state index contributed by atoms with van der Waals surface area (Å²) in [5.74, 6) is 1.66. The molecule has 0 unspecified atom stereocenters. The largest absolute Gasteiger partial charge is 0.497 e. The number of hydrazone groups is 1. The maximum atomic E-state index is 6.34. The van der Waals surface area contributed by atoms with Crippen LogP contribution in [-0.2, 0) is 0 Å². The van der Waals surface area contributed by atoms with Gasteiger partial charge in [0, 0.05) is 27.6 Å². The standard InChI is InChI=1S/C23H18Cl2N2O2/c1-28-18-9-4-14(5-10-18)20-13-21-19-12-17(25)8-11-22(19)29-23(27(21)26-20)15-2-6-16(24)7-3-15/h2-12,21,23H,13H2,1H3/t21-,23+/m0/s1. The third kappa shape index (κ3) is 3.33. The topological polar surface area (TPSA) is 34.1 Å². The lowest BCUT2D eigenvalue weighted by Crippen LogP contribution is -2.33. The van der Waals surface area contributed by atoms with E-state index < -0.39 is 0 Å². The predicted molar refractivity (Wildman–Crippen MR) is 115 cm³/mol. The number of halogens is 2. The van der Waals surface area contributed by atoms with E-state index in [9.17, 15) is 0 Å². The molecule has 2 atom stereocenters. The number of methoxy groups -OCH3 is 1. The Morgan fingerprint density at radius 1 is 0.966 bits per heavy atom. The highest BCUT2D eigenvalue weighted by atomic mass is 35.5. The summed E-state index contributed by atoms with van der Waals surface area (Å²) in [6.07, 6.45) is 0.439. The average Bonchev–Trinajstić information content (AvgIpc) is 3.20. The summed E-state index contributed by atoms with van der Waals surface area (Å²) in [4.78, 5) is 0. The van der Waals surface area contributed by atoms with Crippen molar-refractivity contribution in [3.05, 3.63) is 93.5 Å². The fourth-order valence-corrected chi connectivity index (χ4v) is 4.17. The van der Waals surface area contributed by atoms with Crippen LogP contribution in [0.15, 0.2) is 71.8 Å². The van der Waals surface area contributed by atoms with Gasteiger partial charge in [-0.05, 0) is 60.2 Å². The van der Waals surface area contributed by atoms with Crippen LogP contribution in [0.4, 0.5) is 0 Å². The molecule has 2 aliphatic rings. The Kier molecular flexibility index (Phi) is 4.61. The van der Waals surface area contributed by atoms with Crippen LogP contribution >= 0.6 is 23.2 Å². The molecule has 2 heterocycles. The van der Waals surface area contributed by atoms with Crippen LogP contribution in [0.5, 0.6) is 11.5 Å². The molecular formula is C23H18Cl2N2O2. The van der Waals surface area contributed by atoms with E-state index in [1.54, 1.807) is 7.11 Å². The SMILES string of the molecule is COc1ccc(C2=NN3[C@@H](c4ccc(Cl)cc4)Oc4ccc(Cl)cc4[C@@H]3C2)cc1. The van der Waals surface area contributed by atoms with Crippen molar-refractivity contribution < 1.29 is 9.47 Å². The second-order valence-corrected chi connectivity index (χ2v) is 7.95. The van der Waals surface area contributed by atoms with E-state index in [-0.39, 0.29) is 12.3 Å². The molecule has 0 radical (unpaired) electrons. The zero-order chi connectivity index (χ0) is 20.0. The van der Waals surface area contributed by atoms with Crippen LogP contribution in [0.3, 0.4) is 0 Å². The van der Waals surface area contributed by atoms with Gasteiger partial charge >= 0.3 is 0 Å². The normalized spacial score (nSPS) is 19.8. The van der Waals surface area contributed by atoms with E-state index in [0.717, 1.165) is 40.3 Å². The van der Waals surface area contributed by atoms with Crippen molar-refractivity contribution in [2.75, 3.05) is 7.11 Å². The minimum Gasteiger partial charge on any atom is -0.497 e. The van der Waals surface area contributed by atoms with E-state index in [1.165, 1.54) is 0 Å². The van der Waals surface area contributed by atoms with Crippen LogP contribution in [0, 0.1) is 0 Å². The Hall–Kier alpha value is -2.69. The van der Waals surface area contributed by atoms with E-state index in [0.29, 0.717) is 10.0 Å². The summed E-state index contributed by atoms with van der Waals surface area (Å²) < 4.78 is 11.6. The van der Waals surface area contributed by atoms with E-state index >= 15 is 0 Å². The van der Waals surface area contributed by atoms with Gasteiger partial charge < -0.3 is 9.47 Å². The quantitative estimate of drug-likeness (QED) is 0.498. The summed E-state index contributed by atoms with van der Waals surface area (Å²) in [7, 11) is 1.66. The highest BCUT2D eigenvalue weighted by Gasteiger charge is 2.41. The molecule has 29 heavy (non-hydrogen) atoms. The first-order chi connectivity index (χ1) is 14.1. The van der Waals surface area contributed by atoms with E-state index in [1.807, 2.05) is 71.7 Å². The molecule has 5 rings (SSSR count). The predicted octanol–water partition coefficient (Wildman–Crippen LogP) is 6.24. The zero-order valence-corrected chi connectivity index (χ0v) is 17.2. The fraction of sp³-hybridized carbons (Fsp3) is 0.174. The molecule has 6 heteroatoms. The molecule has 2 aliphatic heterocycles. The smallest absolute Gasteiger partial charge is 0.213 e. The minimum atomic E-state index is -0.332. The van der Waals surface area contributed by atoms with Gasteiger partial charge in [-0.2, -0.15) is 5.10 Å². The maximum Gasteiger partial charge on any atom is 0.213 e. The van der Waals surface area contributed by atoms with E-state index in [2.05, 4.69) is 0 Å². The first-order valence-electron chi connectivity index (χ1n) is 9.34. The highest BCUT2D eigenvalue weighted by molar-refractivity contribution is 6.30. The molecule has 0 saturated heterocycles. The van der Waals surface area contributed by atoms with Gasteiger partial charge in [-0.3, -0.25) is 0 Å². The minimum absolute atomic E-state index is 0.0511. The van der Waals surface area contributed by atoms with Gasteiger partial charge in [0.1, 0.15) is 11.5 Å². The van der Waals surface area contributed by atoms with Gasteiger partial charge in [0.15, 0.2) is 0 Å². The van der Waals surface area contributed by atoms with Crippen LogP contribution in [0.2, 0.25) is 10.0 Å². The summed E-state index contributed by atoms with van der Waals surface area (Å²) in [5.41, 5.74) is 4.13. The maximum absolute atomic E-state index is 6.34. The van der Waals surface area contributed by atoms with Crippen LogP contribution in [-0.4, -0.2) is 17.8 Å². The summed E-state index contributed by atoms with van der Waals surface area (Å²) in [5, 5.41) is 8.36. The van der Waals surface area contributed by atoms with Gasteiger partial charge in [-0.15, -0.1) is 0 Å². The van der Waals surface area contributed by atoms with E-state index in [4.69, 9.17) is 37.8 Å². The van der Waals surface area contributed by atoms with Crippen LogP contribution in [0.1, 0.15) is 35.4 Å². The molecule has 0 fully saturated rings. The number of rotatable bonds is 3. The Morgan fingerprint density at radius 3 is 2.41 bits per heavy atom. The van der Waals surface area contributed by atoms with Crippen molar-refractivity contribution in [3.8, 4) is 11.5 Å². The first kappa shape index (κ1) is 18.3. The number of benzene rings is 3. The Bertz CT molecular complexity index is 1080. The van der Waals surface area contributed by atoms with Crippen molar-refractivity contribution >= 4 is 28.9 Å². The van der Waals surface area contributed by atoms with Gasteiger partial charge in [-0.1, -0.05) is 35.3 Å². The molecule has 0 spiro atoms. The van der Waals surface area contributed by atoms with Gasteiger partial charge in [0.25, 0.3) is 0 Å². The molecule has 0 amide bonds. The van der Waals surface area contributed by atoms with Crippen molar-refractivity contribution in [1.29, 1.82) is 0 Å². The van der Waals surface area contributed by atoms with Gasteiger partial charge in [0.2, 0.25) is 6.23 Å². The molecule has 0 N–H and O–H groups in total. The van der Waals surface area contributed by atoms with Crippen molar-refractivity contribution in [2.24, 2.45) is 5.10 Å². The molecule has 3 aromatic rings. The second kappa shape index (κ2) is 7.29. The Labute approximate surface area is 179 Å². The molecule has 0 aromatic heterocycles. The number of ether oxygens (including phenoxy) is 2. The number of hydrogen-bond acceptors (Lipinski definition) is 4. The molecule has 0 saturated carbocycles. The van der Waals surface area contributed by atoms with Gasteiger partial charge in [-0.25, -0.2) is 5.01 Å². The molecule has 0 aliphatic carbocycles. The monoisotopic (exact) mass is 424 g/mol. The van der Waals surface area contributed by atoms with Crippen molar-refractivity contribution in [1.82, 2.24) is 5.01 Å². The lowest BCUT2D eigenvalue weighted by molar-refractivity contribution is -0.0190. The molecule has 146 valence electrons. The molecular weight excluding hydrogens is 407 g/mol. The van der Waals surface area contributed by atoms with Crippen LogP contribution < -0.4 is 9.47 Å². The molecule has 3 aromatic carbocycles. The molecule has 4 nitrogen and oxygen atoms in total. The molecule has 0 bridgehead atoms. The van der Waals surface area contributed by atoms with Crippen molar-refractivity contribution in [3.63, 3.8) is 0 Å². The lowest BCUT2D eigenvalue weighted by Gasteiger charge is -2.38. The van der Waals surface area contributed by atoms with Crippen LogP contribution in [0.25, 0.3) is 0 Å². The highest BCUT2D eigenvalue weighted by Crippen LogP contribution is 2.48. The Morgan fingerprint density at radius 2 is 1.69 bits per heavy atom. The zero-order valence-electron chi connectivity index (χ0n) is 15.7. The Balaban J connectivity index is 1.57. The second-order valence-electron chi connectivity index (χ2n) is 7.08. The third-order valence-electron chi connectivity index (χ3n) is 5.33. The summed E-state index contributed by atoms with van der Waals surface area (Å²) in [6, 6.07) is 21.5. The summed E-state index contributed by atoms with van der Waals surface area (Å²) >= 11 is 12.4. The number of nitrogens with zero attached hydrogens (tertiary/aromatic N) is 2. The third-order valence-corrected chi connectivity index (χ3v) is 5.82. The fourth-order valence-electron chi connectivity index (χ4n) is 3.86. The van der Waals surface area contributed by atoms with Gasteiger partial charge in [0.05, 0.1) is 18.9 Å². The lowest BCUT2D eigenvalue weighted by atomic mass is 9.96. The average molecular weight is 425 g/mol. The summed E-state index contributed by atoms with van der Waals surface area (Å²) in [6.45, 7) is 0. The number of hydrogen-bond donors (Lipinski definition) is 0. The van der Waals surface area contributed by atoms with Crippen molar-refractivity contribution in [2.45, 2.75) is 18.7 Å². The first-order valence-corrected chi connectivity index (χ1v) is 10.1. The number of fused-ring (bicyclic) bond motifs is 3.